The third-order valence-electron chi connectivity index (χ3n) is 5.80. The number of carbonyl (C=O) groups is 2. The van der Waals surface area contributed by atoms with Crippen LogP contribution >= 0.6 is 0 Å². The van der Waals surface area contributed by atoms with Gasteiger partial charge in [0.1, 0.15) is 12.1 Å². The Bertz CT molecular complexity index is 1000. The summed E-state index contributed by atoms with van der Waals surface area (Å²) in [6.45, 7) is 9.43. The summed E-state index contributed by atoms with van der Waals surface area (Å²) in [5.74, 6) is 0.960. The van der Waals surface area contributed by atoms with E-state index in [0.717, 1.165) is 13.0 Å². The minimum absolute atomic E-state index is 0.0488. The topological polar surface area (TPSA) is 128 Å². The number of anilines is 1. The molecule has 0 aromatic heterocycles. The molecule has 1 fully saturated rings. The van der Waals surface area contributed by atoms with Gasteiger partial charge in [0.15, 0.2) is 0 Å². The summed E-state index contributed by atoms with van der Waals surface area (Å²) in [5, 5.41) is 18.1. The standard InChI is InChI=1S/C23H30N6O4.C2H6/c1-14-7-19(18-6-5-16(10-24)8-20(18)28-23(31)33-4)27-15(2)29(14)13-21(30)25-11-17-9-22(32-3)26-12-17;1-2/h5-8,14,17,22,26H,9,11-13H2,1-4H3,(H,25,30)(H,28,31);1-2H3. The number of nitrogens with one attached hydrogen (secondary N) is 3. The van der Waals surface area contributed by atoms with E-state index in [9.17, 15) is 14.9 Å². The number of methoxy groups -OCH3 is 2. The van der Waals surface area contributed by atoms with E-state index in [1.165, 1.54) is 7.11 Å². The summed E-state index contributed by atoms with van der Waals surface area (Å²) in [4.78, 5) is 30.9. The highest BCUT2D eigenvalue weighted by Gasteiger charge is 2.26. The van der Waals surface area contributed by atoms with Crippen LogP contribution in [0.1, 0.15) is 45.2 Å². The number of hydrogen-bond donors (Lipinski definition) is 3. The van der Waals surface area contributed by atoms with Crippen molar-refractivity contribution in [3.05, 3.63) is 35.4 Å². The van der Waals surface area contributed by atoms with Crippen LogP contribution in [0, 0.1) is 17.2 Å². The maximum absolute atomic E-state index is 12.6. The Morgan fingerprint density at radius 3 is 2.66 bits per heavy atom. The molecule has 1 aromatic rings. The SMILES string of the molecule is CC.COC(=O)Nc1cc(C#N)ccc1C1=CC(C)N(CC(=O)NCC2CNC(OC)C2)C(C)=N1. The van der Waals surface area contributed by atoms with Crippen molar-refractivity contribution in [2.24, 2.45) is 10.9 Å². The van der Waals surface area contributed by atoms with Gasteiger partial charge in [-0.3, -0.25) is 15.4 Å². The quantitative estimate of drug-likeness (QED) is 0.543. The summed E-state index contributed by atoms with van der Waals surface area (Å²) in [6.07, 6.45) is 2.21. The molecular weight excluding hydrogens is 448 g/mol. The summed E-state index contributed by atoms with van der Waals surface area (Å²) in [7, 11) is 2.95. The summed E-state index contributed by atoms with van der Waals surface area (Å²) < 4.78 is 9.99. The Morgan fingerprint density at radius 2 is 2.06 bits per heavy atom. The molecule has 2 heterocycles. The fourth-order valence-electron chi connectivity index (χ4n) is 3.97. The van der Waals surface area contributed by atoms with Crippen LogP contribution in [0.2, 0.25) is 0 Å². The van der Waals surface area contributed by atoms with E-state index in [-0.39, 0.29) is 24.7 Å². The number of benzene rings is 1. The molecule has 10 heteroatoms. The lowest BCUT2D eigenvalue weighted by Crippen LogP contribution is -2.46. The van der Waals surface area contributed by atoms with Crippen molar-refractivity contribution in [1.29, 1.82) is 5.26 Å². The number of nitriles is 1. The molecule has 2 aliphatic heterocycles. The average molecular weight is 485 g/mol. The molecule has 0 aliphatic carbocycles. The van der Waals surface area contributed by atoms with Gasteiger partial charge in [-0.25, -0.2) is 9.79 Å². The predicted molar refractivity (Wildman–Crippen MR) is 136 cm³/mol. The lowest BCUT2D eigenvalue weighted by Gasteiger charge is -2.32. The highest BCUT2D eigenvalue weighted by atomic mass is 16.5. The number of ether oxygens (including phenoxy) is 2. The molecule has 1 aromatic carbocycles. The second kappa shape index (κ2) is 13.5. The van der Waals surface area contributed by atoms with Crippen LogP contribution in [-0.2, 0) is 14.3 Å². The van der Waals surface area contributed by atoms with E-state index in [2.05, 4.69) is 27.0 Å². The number of amides is 2. The van der Waals surface area contributed by atoms with Gasteiger partial charge < -0.3 is 19.7 Å². The van der Waals surface area contributed by atoms with E-state index in [4.69, 9.17) is 9.47 Å². The van der Waals surface area contributed by atoms with Crippen molar-refractivity contribution in [1.82, 2.24) is 15.5 Å². The molecule has 0 bridgehead atoms. The first-order valence-corrected chi connectivity index (χ1v) is 11.8. The third kappa shape index (κ3) is 7.53. The van der Waals surface area contributed by atoms with E-state index >= 15 is 0 Å². The number of aliphatic imine (C=N–C) groups is 1. The van der Waals surface area contributed by atoms with Gasteiger partial charge in [0.05, 0.1) is 36.7 Å². The van der Waals surface area contributed by atoms with Crippen LogP contribution in [-0.4, -0.2) is 68.9 Å². The zero-order valence-electron chi connectivity index (χ0n) is 21.3. The first kappa shape index (κ1) is 27.8. The molecule has 2 aliphatic rings. The van der Waals surface area contributed by atoms with E-state index < -0.39 is 6.09 Å². The molecule has 3 atom stereocenters. The second-order valence-electron chi connectivity index (χ2n) is 8.11. The molecule has 10 nitrogen and oxygen atoms in total. The van der Waals surface area contributed by atoms with Gasteiger partial charge in [-0.1, -0.05) is 13.8 Å². The molecule has 2 amide bonds. The van der Waals surface area contributed by atoms with Crippen molar-refractivity contribution in [3.8, 4) is 6.07 Å². The Kier molecular flexibility index (Phi) is 10.7. The number of nitrogens with zero attached hydrogens (tertiary/aromatic N) is 3. The van der Waals surface area contributed by atoms with Crippen LogP contribution in [0.4, 0.5) is 10.5 Å². The molecule has 3 unspecified atom stereocenters. The fourth-order valence-corrected chi connectivity index (χ4v) is 3.97. The van der Waals surface area contributed by atoms with Crippen molar-refractivity contribution in [2.45, 2.75) is 46.4 Å². The Balaban J connectivity index is 0.00000210. The molecule has 1 saturated heterocycles. The van der Waals surface area contributed by atoms with Crippen molar-refractivity contribution < 1.29 is 19.1 Å². The fraction of sp³-hybridized carbons (Fsp3) is 0.520. The average Bonchev–Trinajstić information content (AvgIpc) is 3.34. The molecule has 0 radical (unpaired) electrons. The third-order valence-corrected chi connectivity index (χ3v) is 5.80. The van der Waals surface area contributed by atoms with Gasteiger partial charge in [-0.15, -0.1) is 0 Å². The minimum atomic E-state index is -0.635. The number of amidine groups is 1. The first-order valence-electron chi connectivity index (χ1n) is 11.8. The lowest BCUT2D eigenvalue weighted by molar-refractivity contribution is -0.121. The summed E-state index contributed by atoms with van der Waals surface area (Å²) in [5.41, 5.74) is 2.15. The normalized spacial score (nSPS) is 21.1. The van der Waals surface area contributed by atoms with Gasteiger partial charge in [0, 0.05) is 31.8 Å². The second-order valence-corrected chi connectivity index (χ2v) is 8.11. The highest BCUT2D eigenvalue weighted by Crippen LogP contribution is 2.30. The largest absolute Gasteiger partial charge is 0.453 e. The van der Waals surface area contributed by atoms with Crippen molar-refractivity contribution >= 4 is 29.2 Å². The Morgan fingerprint density at radius 1 is 1.31 bits per heavy atom. The van der Waals surface area contributed by atoms with Gasteiger partial charge in [0.25, 0.3) is 0 Å². The maximum Gasteiger partial charge on any atom is 0.411 e. The van der Waals surface area contributed by atoms with Crippen LogP contribution in [0.25, 0.3) is 5.70 Å². The first-order chi connectivity index (χ1) is 16.8. The molecular formula is C25H36N6O4. The Labute approximate surface area is 207 Å². The van der Waals surface area contributed by atoms with Gasteiger partial charge >= 0.3 is 6.09 Å². The zero-order chi connectivity index (χ0) is 26.0. The van der Waals surface area contributed by atoms with Crippen LogP contribution < -0.4 is 16.0 Å². The zero-order valence-corrected chi connectivity index (χ0v) is 21.3. The van der Waals surface area contributed by atoms with Gasteiger partial charge in [-0.05, 0) is 50.5 Å². The molecule has 35 heavy (non-hydrogen) atoms. The number of hydrogen-bond acceptors (Lipinski definition) is 8. The summed E-state index contributed by atoms with van der Waals surface area (Å²) >= 11 is 0. The number of carbonyl (C=O) groups excluding carboxylic acids is 2. The van der Waals surface area contributed by atoms with Crippen LogP contribution in [0.3, 0.4) is 0 Å². The molecule has 0 spiro atoms. The van der Waals surface area contributed by atoms with Crippen LogP contribution in [0.5, 0.6) is 0 Å². The van der Waals surface area contributed by atoms with E-state index in [1.807, 2.05) is 38.7 Å². The van der Waals surface area contributed by atoms with Crippen LogP contribution in [0.15, 0.2) is 29.3 Å². The lowest BCUT2D eigenvalue weighted by atomic mass is 10.0. The van der Waals surface area contributed by atoms with Crippen molar-refractivity contribution in [2.75, 3.05) is 39.2 Å². The predicted octanol–water partition coefficient (Wildman–Crippen LogP) is 2.92. The smallest absolute Gasteiger partial charge is 0.411 e. The minimum Gasteiger partial charge on any atom is -0.453 e. The number of rotatable bonds is 7. The maximum atomic E-state index is 12.6. The van der Waals surface area contributed by atoms with Gasteiger partial charge in [0.2, 0.25) is 5.91 Å². The van der Waals surface area contributed by atoms with Gasteiger partial charge in [-0.2, -0.15) is 5.26 Å². The molecule has 3 rings (SSSR count). The van der Waals surface area contributed by atoms with E-state index in [0.29, 0.717) is 40.8 Å². The molecule has 0 saturated carbocycles. The monoisotopic (exact) mass is 484 g/mol. The summed E-state index contributed by atoms with van der Waals surface area (Å²) in [6, 6.07) is 6.95. The highest BCUT2D eigenvalue weighted by molar-refractivity contribution is 5.96. The Hall–Kier alpha value is -3.42. The molecule has 190 valence electrons. The molecule has 3 N–H and O–H groups in total. The van der Waals surface area contributed by atoms with Crippen molar-refractivity contribution in [3.63, 3.8) is 0 Å². The van der Waals surface area contributed by atoms with E-state index in [1.54, 1.807) is 25.3 Å².